The molecular formula is C26H37N3O6S. The molecule has 198 valence electrons. The standard InChI is InChI=1S/C26H37N3O6S/c1-6-16-27-26(31)22(7-2)28(17-15-20-11-9-8-10-12-20)25(30)19-29(36(5,32)33)21-13-14-23(34-3)24(18-21)35-4/h8-14,18,22H,6-7,15-17,19H2,1-5H3,(H,27,31). The highest BCUT2D eigenvalue weighted by Crippen LogP contribution is 2.32. The van der Waals surface area contributed by atoms with Crippen molar-refractivity contribution in [1.82, 2.24) is 10.2 Å². The van der Waals surface area contributed by atoms with Crippen molar-refractivity contribution in [3.8, 4) is 11.5 Å². The maximum atomic E-state index is 13.6. The van der Waals surface area contributed by atoms with E-state index in [0.717, 1.165) is 22.5 Å². The van der Waals surface area contributed by atoms with Gasteiger partial charge in [-0.25, -0.2) is 8.42 Å². The number of nitrogens with one attached hydrogen (secondary N) is 1. The lowest BCUT2D eigenvalue weighted by atomic mass is 10.1. The van der Waals surface area contributed by atoms with E-state index in [2.05, 4.69) is 5.32 Å². The predicted octanol–water partition coefficient (Wildman–Crippen LogP) is 2.85. The van der Waals surface area contributed by atoms with Crippen LogP contribution in [0.4, 0.5) is 5.69 Å². The van der Waals surface area contributed by atoms with E-state index in [-0.39, 0.29) is 18.1 Å². The van der Waals surface area contributed by atoms with Gasteiger partial charge in [0, 0.05) is 19.2 Å². The number of rotatable bonds is 14. The van der Waals surface area contributed by atoms with Gasteiger partial charge in [0.1, 0.15) is 12.6 Å². The number of carbonyl (C=O) groups excluding carboxylic acids is 2. The van der Waals surface area contributed by atoms with Crippen molar-refractivity contribution in [2.75, 3.05) is 44.4 Å². The zero-order valence-electron chi connectivity index (χ0n) is 21.7. The Hall–Kier alpha value is -3.27. The summed E-state index contributed by atoms with van der Waals surface area (Å²) in [6, 6.07) is 13.6. The normalized spacial score (nSPS) is 11.9. The van der Waals surface area contributed by atoms with Gasteiger partial charge in [-0.2, -0.15) is 0 Å². The van der Waals surface area contributed by atoms with Gasteiger partial charge in [0.2, 0.25) is 21.8 Å². The van der Waals surface area contributed by atoms with Gasteiger partial charge in [-0.15, -0.1) is 0 Å². The molecule has 2 aromatic carbocycles. The minimum Gasteiger partial charge on any atom is -0.493 e. The monoisotopic (exact) mass is 519 g/mol. The van der Waals surface area contributed by atoms with Crippen LogP contribution in [-0.4, -0.2) is 71.3 Å². The van der Waals surface area contributed by atoms with Gasteiger partial charge in [-0.1, -0.05) is 44.2 Å². The van der Waals surface area contributed by atoms with Crippen molar-refractivity contribution in [1.29, 1.82) is 0 Å². The molecule has 0 spiro atoms. The van der Waals surface area contributed by atoms with Gasteiger partial charge < -0.3 is 19.7 Å². The number of carbonyl (C=O) groups is 2. The van der Waals surface area contributed by atoms with E-state index < -0.39 is 28.5 Å². The Balaban J connectivity index is 2.39. The Morgan fingerprint density at radius 2 is 1.67 bits per heavy atom. The summed E-state index contributed by atoms with van der Waals surface area (Å²) in [5.41, 5.74) is 1.27. The van der Waals surface area contributed by atoms with Crippen molar-refractivity contribution in [3.63, 3.8) is 0 Å². The molecule has 0 aliphatic heterocycles. The molecule has 2 aromatic rings. The third kappa shape index (κ3) is 7.87. The van der Waals surface area contributed by atoms with Gasteiger partial charge in [0.15, 0.2) is 11.5 Å². The number of ether oxygens (including phenoxy) is 2. The SMILES string of the molecule is CCCNC(=O)C(CC)N(CCc1ccccc1)C(=O)CN(c1ccc(OC)c(OC)c1)S(C)(=O)=O. The fourth-order valence-corrected chi connectivity index (χ4v) is 4.70. The van der Waals surface area contributed by atoms with E-state index in [0.29, 0.717) is 30.9 Å². The number of nitrogens with zero attached hydrogens (tertiary/aromatic N) is 2. The quantitative estimate of drug-likeness (QED) is 0.412. The van der Waals surface area contributed by atoms with Gasteiger partial charge in [0.25, 0.3) is 0 Å². The molecule has 0 aliphatic rings. The number of benzene rings is 2. The molecule has 10 heteroatoms. The van der Waals surface area contributed by atoms with Gasteiger partial charge >= 0.3 is 0 Å². The van der Waals surface area contributed by atoms with Crippen molar-refractivity contribution < 1.29 is 27.5 Å². The van der Waals surface area contributed by atoms with Crippen molar-refractivity contribution in [2.45, 2.75) is 39.2 Å². The van der Waals surface area contributed by atoms with Crippen LogP contribution in [0.15, 0.2) is 48.5 Å². The summed E-state index contributed by atoms with van der Waals surface area (Å²) in [4.78, 5) is 28.0. The van der Waals surface area contributed by atoms with E-state index in [1.807, 2.05) is 44.2 Å². The third-order valence-corrected chi connectivity index (χ3v) is 6.89. The second-order valence-electron chi connectivity index (χ2n) is 8.35. The Morgan fingerprint density at radius 3 is 2.22 bits per heavy atom. The van der Waals surface area contributed by atoms with Crippen LogP contribution in [0.1, 0.15) is 32.3 Å². The molecule has 0 fully saturated rings. The number of sulfonamides is 1. The Labute approximate surface area is 214 Å². The summed E-state index contributed by atoms with van der Waals surface area (Å²) in [5, 5.41) is 2.86. The molecule has 36 heavy (non-hydrogen) atoms. The first kappa shape index (κ1) is 29.0. The van der Waals surface area contributed by atoms with Crippen LogP contribution in [0, 0.1) is 0 Å². The molecule has 1 N–H and O–H groups in total. The zero-order chi connectivity index (χ0) is 26.7. The van der Waals surface area contributed by atoms with E-state index in [1.54, 1.807) is 12.1 Å². The van der Waals surface area contributed by atoms with Crippen LogP contribution >= 0.6 is 0 Å². The molecule has 0 radical (unpaired) electrons. The smallest absolute Gasteiger partial charge is 0.244 e. The van der Waals surface area contributed by atoms with Crippen LogP contribution in [0.25, 0.3) is 0 Å². The lowest BCUT2D eigenvalue weighted by Crippen LogP contribution is -2.53. The molecule has 1 atom stereocenters. The van der Waals surface area contributed by atoms with Crippen molar-refractivity contribution >= 4 is 27.5 Å². The van der Waals surface area contributed by atoms with Gasteiger partial charge in [0.05, 0.1) is 26.2 Å². The molecule has 0 saturated carbocycles. The largest absolute Gasteiger partial charge is 0.493 e. The second kappa shape index (κ2) is 13.7. The Bertz CT molecular complexity index is 1110. The van der Waals surface area contributed by atoms with E-state index in [1.165, 1.54) is 25.2 Å². The lowest BCUT2D eigenvalue weighted by Gasteiger charge is -2.33. The number of hydrogen-bond acceptors (Lipinski definition) is 6. The molecule has 0 aliphatic carbocycles. The number of methoxy groups -OCH3 is 2. The number of hydrogen-bond donors (Lipinski definition) is 1. The van der Waals surface area contributed by atoms with Gasteiger partial charge in [-0.3, -0.25) is 13.9 Å². The van der Waals surface area contributed by atoms with Gasteiger partial charge in [-0.05, 0) is 37.0 Å². The highest BCUT2D eigenvalue weighted by atomic mass is 32.2. The van der Waals surface area contributed by atoms with Crippen molar-refractivity contribution in [2.24, 2.45) is 0 Å². The number of anilines is 1. The fourth-order valence-electron chi connectivity index (χ4n) is 3.86. The van der Waals surface area contributed by atoms with Crippen LogP contribution in [0.3, 0.4) is 0 Å². The first-order valence-corrected chi connectivity index (χ1v) is 13.8. The van der Waals surface area contributed by atoms with E-state index in [9.17, 15) is 18.0 Å². The minimum absolute atomic E-state index is 0.252. The molecule has 0 saturated heterocycles. The molecular weight excluding hydrogens is 482 g/mol. The minimum atomic E-state index is -3.84. The summed E-state index contributed by atoms with van der Waals surface area (Å²) in [7, 11) is -0.907. The number of amides is 2. The maximum Gasteiger partial charge on any atom is 0.244 e. The zero-order valence-corrected chi connectivity index (χ0v) is 22.5. The first-order valence-electron chi connectivity index (χ1n) is 12.0. The van der Waals surface area contributed by atoms with Crippen LogP contribution in [-0.2, 0) is 26.0 Å². The van der Waals surface area contributed by atoms with Crippen molar-refractivity contribution in [3.05, 3.63) is 54.1 Å². The molecule has 9 nitrogen and oxygen atoms in total. The highest BCUT2D eigenvalue weighted by molar-refractivity contribution is 7.92. The second-order valence-corrected chi connectivity index (χ2v) is 10.3. The van der Waals surface area contributed by atoms with E-state index >= 15 is 0 Å². The predicted molar refractivity (Wildman–Crippen MR) is 141 cm³/mol. The molecule has 2 rings (SSSR count). The van der Waals surface area contributed by atoms with Crippen LogP contribution in [0.5, 0.6) is 11.5 Å². The first-order chi connectivity index (χ1) is 17.2. The summed E-state index contributed by atoms with van der Waals surface area (Å²) in [5.74, 6) is 0.0500. The summed E-state index contributed by atoms with van der Waals surface area (Å²) < 4.78 is 37.1. The summed E-state index contributed by atoms with van der Waals surface area (Å²) in [6.45, 7) is 4.09. The summed E-state index contributed by atoms with van der Waals surface area (Å²) >= 11 is 0. The Morgan fingerprint density at radius 1 is 1.00 bits per heavy atom. The molecule has 2 amide bonds. The highest BCUT2D eigenvalue weighted by Gasteiger charge is 2.31. The molecule has 0 aromatic heterocycles. The third-order valence-electron chi connectivity index (χ3n) is 5.75. The van der Waals surface area contributed by atoms with Crippen LogP contribution < -0.4 is 19.1 Å². The molecule has 0 bridgehead atoms. The topological polar surface area (TPSA) is 105 Å². The Kier molecular flexibility index (Phi) is 11.0. The maximum absolute atomic E-state index is 13.6. The molecule has 0 heterocycles. The fraction of sp³-hybridized carbons (Fsp3) is 0.462. The average Bonchev–Trinajstić information content (AvgIpc) is 2.87. The lowest BCUT2D eigenvalue weighted by molar-refractivity contribution is -0.139. The molecule has 1 unspecified atom stereocenters. The average molecular weight is 520 g/mol. The van der Waals surface area contributed by atoms with Crippen LogP contribution in [0.2, 0.25) is 0 Å². The summed E-state index contributed by atoms with van der Waals surface area (Å²) in [6.07, 6.45) is 2.72. The van der Waals surface area contributed by atoms with E-state index in [4.69, 9.17) is 9.47 Å².